The maximum Gasteiger partial charge on any atom is 0.573 e. The molecule has 0 spiro atoms. The van der Waals surface area contributed by atoms with E-state index in [-0.39, 0.29) is 28.6 Å². The number of carbonyl (C=O) groups excluding carboxylic acids is 3. The van der Waals surface area contributed by atoms with Gasteiger partial charge >= 0.3 is 24.6 Å². The highest BCUT2D eigenvalue weighted by molar-refractivity contribution is 6.01. The van der Waals surface area contributed by atoms with Crippen LogP contribution in [0.15, 0.2) is 36.4 Å². The normalized spacial score (nSPS) is 20.2. The van der Waals surface area contributed by atoms with Crippen LogP contribution in [0, 0.1) is 17.8 Å². The first kappa shape index (κ1) is 29.2. The third-order valence-corrected chi connectivity index (χ3v) is 7.43. The molecule has 1 aliphatic heterocycles. The fraction of sp³-hybridized carbons (Fsp3) is 0.448. The minimum atomic E-state index is -4.84. The largest absolute Gasteiger partial charge is 0.573 e. The van der Waals surface area contributed by atoms with Crippen molar-refractivity contribution in [2.45, 2.75) is 72.4 Å². The van der Waals surface area contributed by atoms with Gasteiger partial charge in [-0.2, -0.15) is 4.98 Å². The Hall–Kier alpha value is -4.29. The number of hydrogen-bond acceptors (Lipinski definition) is 7. The Morgan fingerprint density at radius 3 is 2.31 bits per heavy atom. The van der Waals surface area contributed by atoms with E-state index in [0.29, 0.717) is 22.2 Å². The molecule has 0 radical (unpaired) electrons. The molecule has 1 saturated carbocycles. The molecule has 224 valence electrons. The van der Waals surface area contributed by atoms with Gasteiger partial charge in [-0.05, 0) is 79.0 Å². The number of imidazole rings is 1. The van der Waals surface area contributed by atoms with Gasteiger partial charge in [-0.1, -0.05) is 27.7 Å². The first-order chi connectivity index (χ1) is 19.5. The van der Waals surface area contributed by atoms with Gasteiger partial charge in [-0.3, -0.25) is 20.0 Å². The van der Waals surface area contributed by atoms with Crippen LogP contribution in [-0.4, -0.2) is 34.0 Å². The van der Waals surface area contributed by atoms with Crippen molar-refractivity contribution < 1.29 is 41.8 Å². The van der Waals surface area contributed by atoms with E-state index in [1.807, 2.05) is 10.6 Å². The van der Waals surface area contributed by atoms with Crippen molar-refractivity contribution in [3.05, 3.63) is 47.5 Å². The van der Waals surface area contributed by atoms with Gasteiger partial charge in [-0.15, -0.1) is 13.2 Å². The standard InChI is InChI=1S/C29H31F3N4O6/c1-15-10-21-20(11-19(15)22-23(37)35-26(39)40-22)34-24(36(21)17-12-27(2,3)14-28(4,5)13-17)41-25(38)33-16-6-8-18(9-7-16)42-29(30,31)32/h6-11,17,22H,12-14H2,1-5H3,(H,33,38)(H,35,37,39). The Bertz CT molecular complexity index is 1550. The summed E-state index contributed by atoms with van der Waals surface area (Å²) in [5.41, 5.74) is 2.40. The molecule has 1 saturated heterocycles. The first-order valence-corrected chi connectivity index (χ1v) is 13.4. The Morgan fingerprint density at radius 1 is 1.10 bits per heavy atom. The molecule has 3 amide bonds. The van der Waals surface area contributed by atoms with Gasteiger partial charge in [-0.25, -0.2) is 9.59 Å². The number of ether oxygens (including phenoxy) is 3. The van der Waals surface area contributed by atoms with E-state index in [4.69, 9.17) is 9.47 Å². The third kappa shape index (κ3) is 6.29. The summed E-state index contributed by atoms with van der Waals surface area (Å²) in [7, 11) is 0. The highest BCUT2D eigenvalue weighted by atomic mass is 19.4. The summed E-state index contributed by atoms with van der Waals surface area (Å²) >= 11 is 0. The summed E-state index contributed by atoms with van der Waals surface area (Å²) in [6, 6.07) is 8.04. The van der Waals surface area contributed by atoms with Crippen molar-refractivity contribution in [3.63, 3.8) is 0 Å². The minimum Gasteiger partial charge on any atom is -0.431 e. The minimum absolute atomic E-state index is 0.0162. The number of halogens is 3. The average Bonchev–Trinajstić information content (AvgIpc) is 3.34. The molecule has 2 heterocycles. The summed E-state index contributed by atoms with van der Waals surface area (Å²) in [6.45, 7) is 10.6. The highest BCUT2D eigenvalue weighted by Crippen LogP contribution is 2.51. The molecule has 1 aliphatic carbocycles. The van der Waals surface area contributed by atoms with E-state index in [0.717, 1.165) is 31.4 Å². The molecule has 2 aliphatic rings. The van der Waals surface area contributed by atoms with Gasteiger partial charge < -0.3 is 14.2 Å². The predicted octanol–water partition coefficient (Wildman–Crippen LogP) is 6.94. The molecular weight excluding hydrogens is 557 g/mol. The van der Waals surface area contributed by atoms with Crippen LogP contribution in [0.5, 0.6) is 11.8 Å². The molecule has 2 aromatic carbocycles. The van der Waals surface area contributed by atoms with Crippen molar-refractivity contribution in [1.29, 1.82) is 0 Å². The number of alkyl halides is 3. The lowest BCUT2D eigenvalue weighted by atomic mass is 9.63. The zero-order valence-electron chi connectivity index (χ0n) is 23.7. The zero-order chi connectivity index (χ0) is 30.6. The number of imide groups is 1. The SMILES string of the molecule is Cc1cc2c(cc1C1OC(=O)NC1=O)nc(OC(=O)Nc1ccc(OC(F)(F)F)cc1)n2C1CC(C)(C)CC(C)(C)C1. The molecule has 5 rings (SSSR count). The maximum absolute atomic E-state index is 13.0. The number of fused-ring (bicyclic) bond motifs is 1. The van der Waals surface area contributed by atoms with Crippen molar-refractivity contribution in [3.8, 4) is 11.8 Å². The van der Waals surface area contributed by atoms with Crippen LogP contribution in [0.4, 0.5) is 28.4 Å². The molecule has 1 atom stereocenters. The second-order valence-corrected chi connectivity index (χ2v) is 12.4. The molecule has 3 aromatic rings. The van der Waals surface area contributed by atoms with Crippen molar-refractivity contribution in [2.24, 2.45) is 10.8 Å². The number of alkyl carbamates (subject to hydrolysis) is 1. The van der Waals surface area contributed by atoms with E-state index in [1.54, 1.807) is 13.0 Å². The second-order valence-electron chi connectivity index (χ2n) is 12.4. The first-order valence-electron chi connectivity index (χ1n) is 13.4. The van der Waals surface area contributed by atoms with E-state index < -0.39 is 36.3 Å². The summed E-state index contributed by atoms with van der Waals surface area (Å²) in [5.74, 6) is -1.02. The fourth-order valence-corrected chi connectivity index (χ4v) is 6.44. The quantitative estimate of drug-likeness (QED) is 0.331. The molecule has 1 aromatic heterocycles. The van der Waals surface area contributed by atoms with Gasteiger partial charge in [0.15, 0.2) is 0 Å². The van der Waals surface area contributed by atoms with E-state index in [9.17, 15) is 27.6 Å². The van der Waals surface area contributed by atoms with Crippen LogP contribution in [0.25, 0.3) is 11.0 Å². The Kier molecular flexibility index (Phi) is 7.10. The number of cyclic esters (lactones) is 1. The number of anilines is 1. The van der Waals surface area contributed by atoms with Crippen LogP contribution >= 0.6 is 0 Å². The number of hydrogen-bond donors (Lipinski definition) is 2. The van der Waals surface area contributed by atoms with Crippen LogP contribution in [0.1, 0.15) is 70.2 Å². The van der Waals surface area contributed by atoms with Gasteiger partial charge in [0.2, 0.25) is 6.10 Å². The molecular formula is C29H31F3N4O6. The summed E-state index contributed by atoms with van der Waals surface area (Å²) in [5, 5.41) is 4.63. The predicted molar refractivity (Wildman–Crippen MR) is 145 cm³/mol. The van der Waals surface area contributed by atoms with Gasteiger partial charge in [0, 0.05) is 17.3 Å². The van der Waals surface area contributed by atoms with Crippen LogP contribution < -0.4 is 20.1 Å². The number of amides is 3. The molecule has 10 nitrogen and oxygen atoms in total. The monoisotopic (exact) mass is 588 g/mol. The Morgan fingerprint density at radius 2 is 1.74 bits per heavy atom. The van der Waals surface area contributed by atoms with E-state index in [1.165, 1.54) is 12.1 Å². The number of aromatic nitrogens is 2. The summed E-state index contributed by atoms with van der Waals surface area (Å²) < 4.78 is 54.1. The number of aryl methyl sites for hydroxylation is 1. The lowest BCUT2D eigenvalue weighted by Gasteiger charge is -2.45. The number of nitrogens with one attached hydrogen (secondary N) is 2. The summed E-state index contributed by atoms with van der Waals surface area (Å²) in [6.07, 6.45) is -5.13. The lowest BCUT2D eigenvalue weighted by molar-refractivity contribution is -0.274. The fourth-order valence-electron chi connectivity index (χ4n) is 6.44. The van der Waals surface area contributed by atoms with Gasteiger partial charge in [0.1, 0.15) is 5.75 Å². The van der Waals surface area contributed by atoms with E-state index >= 15 is 0 Å². The van der Waals surface area contributed by atoms with E-state index in [2.05, 4.69) is 48.0 Å². The van der Waals surface area contributed by atoms with Gasteiger partial charge in [0.25, 0.3) is 5.91 Å². The number of rotatable bonds is 5. The maximum atomic E-state index is 13.0. The molecule has 42 heavy (non-hydrogen) atoms. The average molecular weight is 589 g/mol. The molecule has 13 heteroatoms. The van der Waals surface area contributed by atoms with Gasteiger partial charge in [0.05, 0.1) is 11.0 Å². The molecule has 2 fully saturated rings. The Balaban J connectivity index is 1.49. The van der Waals surface area contributed by atoms with Crippen LogP contribution in [-0.2, 0) is 9.53 Å². The van der Waals surface area contributed by atoms with Crippen LogP contribution in [0.2, 0.25) is 0 Å². The lowest BCUT2D eigenvalue weighted by Crippen LogP contribution is -2.35. The van der Waals surface area contributed by atoms with Crippen molar-refractivity contribution >= 4 is 34.8 Å². The van der Waals surface area contributed by atoms with Crippen LogP contribution in [0.3, 0.4) is 0 Å². The van der Waals surface area contributed by atoms with Crippen molar-refractivity contribution in [1.82, 2.24) is 14.9 Å². The molecule has 0 bridgehead atoms. The Labute approximate surface area is 239 Å². The number of carbonyl (C=O) groups is 3. The van der Waals surface area contributed by atoms with Crippen molar-refractivity contribution in [2.75, 3.05) is 5.32 Å². The second kappa shape index (κ2) is 10.2. The highest BCUT2D eigenvalue weighted by Gasteiger charge is 2.41. The number of nitrogens with zero attached hydrogens (tertiary/aromatic N) is 2. The third-order valence-electron chi connectivity index (χ3n) is 7.43. The number of benzene rings is 2. The molecule has 2 N–H and O–H groups in total. The summed E-state index contributed by atoms with van der Waals surface area (Å²) in [4.78, 5) is 41.6. The molecule has 1 unspecified atom stereocenters. The zero-order valence-corrected chi connectivity index (χ0v) is 23.7. The smallest absolute Gasteiger partial charge is 0.431 e. The topological polar surface area (TPSA) is 121 Å².